The summed E-state index contributed by atoms with van der Waals surface area (Å²) in [5.41, 5.74) is 0. The lowest BCUT2D eigenvalue weighted by Gasteiger charge is -2.40. The smallest absolute Gasteiger partial charge is 0.237 e. The van der Waals surface area contributed by atoms with Crippen LogP contribution in [0.2, 0.25) is 0 Å². The van der Waals surface area contributed by atoms with Gasteiger partial charge in [0.15, 0.2) is 0 Å². The average Bonchev–Trinajstić information content (AvgIpc) is 2.98. The second-order valence-electron chi connectivity index (χ2n) is 7.42. The highest BCUT2D eigenvalue weighted by Crippen LogP contribution is 2.34. The highest BCUT2D eigenvalue weighted by Gasteiger charge is 2.44. The fourth-order valence-electron chi connectivity index (χ4n) is 5.02. The van der Waals surface area contributed by atoms with Gasteiger partial charge in [0.05, 0.1) is 6.54 Å². The largest absolute Gasteiger partial charge is 0.336 e. The number of likely N-dealkylation sites (tertiary alicyclic amines) is 2. The van der Waals surface area contributed by atoms with Crippen LogP contribution in [0.3, 0.4) is 0 Å². The number of fused-ring (bicyclic) bond motifs is 1. The van der Waals surface area contributed by atoms with Crippen molar-refractivity contribution in [3.63, 3.8) is 0 Å². The molecule has 0 aromatic heterocycles. The highest BCUT2D eigenvalue weighted by molar-refractivity contribution is 5.79. The van der Waals surface area contributed by atoms with Gasteiger partial charge in [0.2, 0.25) is 5.91 Å². The van der Waals surface area contributed by atoms with E-state index in [-0.39, 0.29) is 0 Å². The van der Waals surface area contributed by atoms with Crippen LogP contribution in [0.25, 0.3) is 0 Å². The van der Waals surface area contributed by atoms with Gasteiger partial charge in [-0.2, -0.15) is 0 Å². The minimum absolute atomic E-state index is 0.362. The Hall–Kier alpha value is -0.610. The normalized spacial score (nSPS) is 40.5. The molecule has 1 amide bonds. The molecule has 3 fully saturated rings. The van der Waals surface area contributed by atoms with Crippen molar-refractivity contribution in [2.75, 3.05) is 26.2 Å². The molecule has 3 aliphatic rings. The molecule has 3 rings (SSSR count). The zero-order valence-corrected chi connectivity index (χ0v) is 13.8. The maximum atomic E-state index is 12.8. The van der Waals surface area contributed by atoms with Gasteiger partial charge >= 0.3 is 0 Å². The summed E-state index contributed by atoms with van der Waals surface area (Å²) in [6.07, 6.45) is 4.77. The zero-order valence-electron chi connectivity index (χ0n) is 13.8. The quantitative estimate of drug-likeness (QED) is 0.860. The number of carbonyl (C=O) groups excluding carboxylic acids is 1. The second kappa shape index (κ2) is 6.25. The Morgan fingerprint density at radius 2 is 1.90 bits per heavy atom. The van der Waals surface area contributed by atoms with Gasteiger partial charge in [-0.3, -0.25) is 9.69 Å². The van der Waals surface area contributed by atoms with Gasteiger partial charge in [0, 0.05) is 24.7 Å². The Bertz CT molecular complexity index is 376. The monoisotopic (exact) mass is 293 g/mol. The third-order valence-electron chi connectivity index (χ3n) is 6.06. The molecule has 4 nitrogen and oxygen atoms in total. The van der Waals surface area contributed by atoms with Gasteiger partial charge in [0.25, 0.3) is 0 Å². The fraction of sp³-hybridized carbons (Fsp3) is 0.941. The second-order valence-corrected chi connectivity index (χ2v) is 7.42. The summed E-state index contributed by atoms with van der Waals surface area (Å²) in [5, 5.41) is 3.52. The number of piperidine rings is 1. The minimum Gasteiger partial charge on any atom is -0.336 e. The Morgan fingerprint density at radius 1 is 1.19 bits per heavy atom. The van der Waals surface area contributed by atoms with Crippen molar-refractivity contribution in [2.24, 2.45) is 11.8 Å². The van der Waals surface area contributed by atoms with E-state index in [0.717, 1.165) is 31.5 Å². The molecule has 5 unspecified atom stereocenters. The lowest BCUT2D eigenvalue weighted by atomic mass is 9.93. The first kappa shape index (κ1) is 15.3. The molecular formula is C17H31N3O. The zero-order chi connectivity index (χ0) is 15.0. The topological polar surface area (TPSA) is 35.6 Å². The molecule has 3 saturated heterocycles. The third-order valence-corrected chi connectivity index (χ3v) is 6.06. The summed E-state index contributed by atoms with van der Waals surface area (Å²) < 4.78 is 0. The lowest BCUT2D eigenvalue weighted by molar-refractivity contribution is -0.138. The third kappa shape index (κ3) is 2.85. The molecule has 3 aliphatic heterocycles. The molecule has 0 spiro atoms. The van der Waals surface area contributed by atoms with Crippen LogP contribution in [0.15, 0.2) is 0 Å². The van der Waals surface area contributed by atoms with E-state index in [0.29, 0.717) is 30.6 Å². The first-order chi connectivity index (χ1) is 10.1. The van der Waals surface area contributed by atoms with Gasteiger partial charge in [-0.25, -0.2) is 0 Å². The van der Waals surface area contributed by atoms with Crippen LogP contribution in [0.4, 0.5) is 0 Å². The number of carbonyl (C=O) groups is 1. The average molecular weight is 293 g/mol. The SMILES string of the molecule is CCC1C2CNCC2CN1CC(=O)N1C(C)CCCC1C. The summed E-state index contributed by atoms with van der Waals surface area (Å²) in [4.78, 5) is 17.5. The van der Waals surface area contributed by atoms with Crippen molar-refractivity contribution in [1.82, 2.24) is 15.1 Å². The molecule has 3 heterocycles. The number of nitrogens with zero attached hydrogens (tertiary/aromatic N) is 2. The standard InChI is InChI=1S/C17H31N3O/c1-4-16-15-9-18-8-14(15)10-19(16)11-17(21)20-12(2)6-5-7-13(20)3/h12-16,18H,4-11H2,1-3H3. The molecule has 120 valence electrons. The number of hydrogen-bond donors (Lipinski definition) is 1. The van der Waals surface area contributed by atoms with Gasteiger partial charge in [-0.1, -0.05) is 6.92 Å². The minimum atomic E-state index is 0.362. The Morgan fingerprint density at radius 3 is 2.57 bits per heavy atom. The van der Waals surface area contributed by atoms with E-state index in [1.165, 1.54) is 25.7 Å². The first-order valence-corrected chi connectivity index (χ1v) is 8.87. The Balaban J connectivity index is 1.64. The number of hydrogen-bond acceptors (Lipinski definition) is 3. The highest BCUT2D eigenvalue weighted by atomic mass is 16.2. The Kier molecular flexibility index (Phi) is 4.55. The molecule has 0 aromatic rings. The summed E-state index contributed by atoms with van der Waals surface area (Å²) >= 11 is 0. The van der Waals surface area contributed by atoms with Crippen LogP contribution in [0.1, 0.15) is 46.5 Å². The van der Waals surface area contributed by atoms with Crippen molar-refractivity contribution in [1.29, 1.82) is 0 Å². The summed E-state index contributed by atoms with van der Waals surface area (Å²) in [5.74, 6) is 1.89. The summed E-state index contributed by atoms with van der Waals surface area (Å²) in [7, 11) is 0. The van der Waals surface area contributed by atoms with Gasteiger partial charge in [-0.05, 0) is 64.5 Å². The molecule has 0 aromatic carbocycles. The molecule has 0 saturated carbocycles. The molecule has 1 N–H and O–H groups in total. The van der Waals surface area contributed by atoms with Gasteiger partial charge < -0.3 is 10.2 Å². The van der Waals surface area contributed by atoms with E-state index in [1.807, 2.05) is 0 Å². The molecular weight excluding hydrogens is 262 g/mol. The predicted octanol–water partition coefficient (Wildman–Crippen LogP) is 1.71. The fourth-order valence-corrected chi connectivity index (χ4v) is 5.02. The van der Waals surface area contributed by atoms with Crippen molar-refractivity contribution >= 4 is 5.91 Å². The van der Waals surface area contributed by atoms with Gasteiger partial charge in [0.1, 0.15) is 0 Å². The molecule has 4 heteroatoms. The molecule has 0 bridgehead atoms. The number of amides is 1. The van der Waals surface area contributed by atoms with Crippen LogP contribution in [0.5, 0.6) is 0 Å². The van der Waals surface area contributed by atoms with Crippen molar-refractivity contribution in [3.05, 3.63) is 0 Å². The predicted molar refractivity (Wildman–Crippen MR) is 85.1 cm³/mol. The van der Waals surface area contributed by atoms with E-state index in [9.17, 15) is 4.79 Å². The maximum absolute atomic E-state index is 12.8. The van der Waals surface area contributed by atoms with Crippen molar-refractivity contribution < 1.29 is 4.79 Å². The van der Waals surface area contributed by atoms with E-state index >= 15 is 0 Å². The van der Waals surface area contributed by atoms with Crippen molar-refractivity contribution in [3.8, 4) is 0 Å². The molecule has 21 heavy (non-hydrogen) atoms. The maximum Gasteiger partial charge on any atom is 0.237 e. The summed E-state index contributed by atoms with van der Waals surface area (Å²) in [6.45, 7) is 10.7. The molecule has 0 radical (unpaired) electrons. The van der Waals surface area contributed by atoms with E-state index in [1.54, 1.807) is 0 Å². The van der Waals surface area contributed by atoms with Crippen LogP contribution in [-0.4, -0.2) is 60.0 Å². The summed E-state index contributed by atoms with van der Waals surface area (Å²) in [6, 6.07) is 1.44. The number of nitrogens with one attached hydrogen (secondary N) is 1. The molecule has 0 aliphatic carbocycles. The van der Waals surface area contributed by atoms with Gasteiger partial charge in [-0.15, -0.1) is 0 Å². The van der Waals surface area contributed by atoms with Crippen LogP contribution in [0, 0.1) is 11.8 Å². The molecule has 5 atom stereocenters. The van der Waals surface area contributed by atoms with E-state index in [4.69, 9.17) is 0 Å². The van der Waals surface area contributed by atoms with Crippen LogP contribution in [-0.2, 0) is 4.79 Å². The lowest BCUT2D eigenvalue weighted by Crippen LogP contribution is -2.52. The Labute approximate surface area is 129 Å². The first-order valence-electron chi connectivity index (χ1n) is 8.87. The van der Waals surface area contributed by atoms with E-state index < -0.39 is 0 Å². The van der Waals surface area contributed by atoms with Crippen molar-refractivity contribution in [2.45, 2.75) is 64.6 Å². The van der Waals surface area contributed by atoms with E-state index in [2.05, 4.69) is 35.9 Å². The number of rotatable bonds is 3. The van der Waals surface area contributed by atoms with Crippen LogP contribution < -0.4 is 5.32 Å². The van der Waals surface area contributed by atoms with Crippen LogP contribution >= 0.6 is 0 Å².